The molecule has 0 aromatic heterocycles. The summed E-state index contributed by atoms with van der Waals surface area (Å²) in [6.45, 7) is 2.18. The second kappa shape index (κ2) is 7.57. The zero-order valence-corrected chi connectivity index (χ0v) is 14.7. The van der Waals surface area contributed by atoms with E-state index < -0.39 is 0 Å². The van der Waals surface area contributed by atoms with Crippen LogP contribution >= 0.6 is 0 Å². The number of aryl methyl sites for hydroxylation is 2. The predicted octanol–water partition coefficient (Wildman–Crippen LogP) is 3.52. The van der Waals surface area contributed by atoms with Crippen LogP contribution in [0, 0.1) is 6.92 Å². The molecule has 2 aromatic carbocycles. The number of hydrogen-bond acceptors (Lipinski definition) is 3. The van der Waals surface area contributed by atoms with E-state index in [2.05, 4.69) is 17.4 Å². The van der Waals surface area contributed by atoms with Gasteiger partial charge in [-0.1, -0.05) is 24.3 Å². The van der Waals surface area contributed by atoms with E-state index in [-0.39, 0.29) is 18.7 Å². The molecule has 0 saturated carbocycles. The van der Waals surface area contributed by atoms with E-state index in [0.29, 0.717) is 6.54 Å². The van der Waals surface area contributed by atoms with Gasteiger partial charge in [-0.25, -0.2) is 4.79 Å². The summed E-state index contributed by atoms with van der Waals surface area (Å²) in [5.74, 6) is 0.787. The van der Waals surface area contributed by atoms with Gasteiger partial charge in [-0.3, -0.25) is 0 Å². The molecular weight excluding hydrogens is 316 g/mol. The standard InChI is InChI=1S/C20H24N2O3/c1-14-13-16(8-10-19(14)25-2)21-20(24)22(11-12-23)18-9-7-15-5-3-4-6-17(15)18/h3-6,8,10,13,18,23H,7,9,11-12H2,1-2H3,(H,21,24). The smallest absolute Gasteiger partial charge is 0.322 e. The summed E-state index contributed by atoms with van der Waals surface area (Å²) >= 11 is 0. The van der Waals surface area contributed by atoms with Gasteiger partial charge in [0, 0.05) is 12.2 Å². The van der Waals surface area contributed by atoms with Crippen molar-refractivity contribution in [2.24, 2.45) is 0 Å². The third-order valence-corrected chi connectivity index (χ3v) is 4.73. The van der Waals surface area contributed by atoms with E-state index in [1.54, 1.807) is 12.0 Å². The molecule has 5 nitrogen and oxygen atoms in total. The summed E-state index contributed by atoms with van der Waals surface area (Å²) in [5, 5.41) is 12.4. The summed E-state index contributed by atoms with van der Waals surface area (Å²) in [7, 11) is 1.63. The second-order valence-electron chi connectivity index (χ2n) is 6.28. The van der Waals surface area contributed by atoms with Gasteiger partial charge < -0.3 is 20.1 Å². The summed E-state index contributed by atoms with van der Waals surface area (Å²) < 4.78 is 5.26. The molecule has 3 rings (SSSR count). The van der Waals surface area contributed by atoms with Crippen LogP contribution in [0.1, 0.15) is 29.2 Å². The van der Waals surface area contributed by atoms with Crippen molar-refractivity contribution in [3.8, 4) is 5.75 Å². The van der Waals surface area contributed by atoms with Crippen molar-refractivity contribution in [3.05, 3.63) is 59.2 Å². The predicted molar refractivity (Wildman–Crippen MR) is 98.0 cm³/mol. The van der Waals surface area contributed by atoms with Crippen LogP contribution in [0.25, 0.3) is 0 Å². The van der Waals surface area contributed by atoms with Gasteiger partial charge in [0.2, 0.25) is 0 Å². The fraction of sp³-hybridized carbons (Fsp3) is 0.350. The minimum absolute atomic E-state index is 0.00250. The van der Waals surface area contributed by atoms with Crippen molar-refractivity contribution in [1.82, 2.24) is 4.90 Å². The highest BCUT2D eigenvalue weighted by Crippen LogP contribution is 2.35. The zero-order chi connectivity index (χ0) is 17.8. The quantitative estimate of drug-likeness (QED) is 0.875. The highest BCUT2D eigenvalue weighted by Gasteiger charge is 2.30. The lowest BCUT2D eigenvalue weighted by Crippen LogP contribution is -2.39. The Balaban J connectivity index is 1.79. The van der Waals surface area contributed by atoms with Crippen LogP contribution in [-0.4, -0.2) is 36.3 Å². The molecule has 1 aliphatic rings. The normalized spacial score (nSPS) is 15.6. The molecule has 0 bridgehead atoms. The number of carbonyl (C=O) groups is 1. The SMILES string of the molecule is COc1ccc(NC(=O)N(CCO)C2CCc3ccccc32)cc1C. The van der Waals surface area contributed by atoms with E-state index >= 15 is 0 Å². The van der Waals surface area contributed by atoms with Crippen LogP contribution in [0.2, 0.25) is 0 Å². The molecule has 0 fully saturated rings. The molecule has 132 valence electrons. The van der Waals surface area contributed by atoms with Crippen molar-refractivity contribution in [1.29, 1.82) is 0 Å². The summed E-state index contributed by atoms with van der Waals surface area (Å²) in [4.78, 5) is 14.6. The molecule has 1 aliphatic carbocycles. The lowest BCUT2D eigenvalue weighted by Gasteiger charge is -2.29. The largest absolute Gasteiger partial charge is 0.496 e. The molecule has 1 atom stereocenters. The van der Waals surface area contributed by atoms with Crippen molar-refractivity contribution in [3.63, 3.8) is 0 Å². The summed E-state index contributed by atoms with van der Waals surface area (Å²) in [6, 6.07) is 13.6. The molecule has 25 heavy (non-hydrogen) atoms. The van der Waals surface area contributed by atoms with Gasteiger partial charge in [-0.15, -0.1) is 0 Å². The van der Waals surface area contributed by atoms with Crippen LogP contribution in [0.4, 0.5) is 10.5 Å². The van der Waals surface area contributed by atoms with Gasteiger partial charge in [-0.2, -0.15) is 0 Å². The lowest BCUT2D eigenvalue weighted by atomic mass is 10.1. The van der Waals surface area contributed by atoms with Crippen LogP contribution in [0.5, 0.6) is 5.75 Å². The van der Waals surface area contributed by atoms with Gasteiger partial charge >= 0.3 is 6.03 Å². The van der Waals surface area contributed by atoms with E-state index in [0.717, 1.165) is 29.8 Å². The number of amides is 2. The molecule has 0 aliphatic heterocycles. The number of aliphatic hydroxyl groups excluding tert-OH is 1. The lowest BCUT2D eigenvalue weighted by molar-refractivity contribution is 0.162. The fourth-order valence-electron chi connectivity index (χ4n) is 3.52. The number of carbonyl (C=O) groups excluding carboxylic acids is 1. The van der Waals surface area contributed by atoms with Crippen LogP contribution in [0.3, 0.4) is 0 Å². The number of nitrogens with zero attached hydrogens (tertiary/aromatic N) is 1. The Morgan fingerprint density at radius 2 is 2.12 bits per heavy atom. The molecule has 2 N–H and O–H groups in total. The Morgan fingerprint density at radius 3 is 2.84 bits per heavy atom. The minimum atomic E-state index is -0.194. The average Bonchev–Trinajstić information content (AvgIpc) is 3.03. The van der Waals surface area contributed by atoms with E-state index in [4.69, 9.17) is 4.74 Å². The maximum absolute atomic E-state index is 12.8. The molecule has 1 unspecified atom stereocenters. The van der Waals surface area contributed by atoms with Gasteiger partial charge in [0.05, 0.1) is 19.8 Å². The molecule has 0 spiro atoms. The van der Waals surface area contributed by atoms with Gasteiger partial charge in [0.15, 0.2) is 0 Å². The molecule has 0 heterocycles. The topological polar surface area (TPSA) is 61.8 Å². The maximum atomic E-state index is 12.8. The number of methoxy groups -OCH3 is 1. The summed E-state index contributed by atoms with van der Waals surface area (Å²) in [5.41, 5.74) is 4.14. The van der Waals surface area contributed by atoms with Crippen molar-refractivity contribution < 1.29 is 14.6 Å². The maximum Gasteiger partial charge on any atom is 0.322 e. The number of fused-ring (bicyclic) bond motifs is 1. The first-order valence-electron chi connectivity index (χ1n) is 8.55. The Hall–Kier alpha value is -2.53. The van der Waals surface area contributed by atoms with Crippen LogP contribution in [-0.2, 0) is 6.42 Å². The number of aliphatic hydroxyl groups is 1. The van der Waals surface area contributed by atoms with Crippen LogP contribution in [0.15, 0.2) is 42.5 Å². The van der Waals surface area contributed by atoms with E-state index in [1.165, 1.54) is 11.1 Å². The Bertz CT molecular complexity index is 760. The highest BCUT2D eigenvalue weighted by atomic mass is 16.5. The number of benzene rings is 2. The number of urea groups is 1. The van der Waals surface area contributed by atoms with Gasteiger partial charge in [0.1, 0.15) is 5.75 Å². The van der Waals surface area contributed by atoms with E-state index in [1.807, 2.05) is 37.3 Å². The molecular formula is C20H24N2O3. The first-order valence-corrected chi connectivity index (χ1v) is 8.55. The molecule has 5 heteroatoms. The Kier molecular flexibility index (Phi) is 5.24. The summed E-state index contributed by atoms with van der Waals surface area (Å²) in [6.07, 6.45) is 1.84. The van der Waals surface area contributed by atoms with Crippen molar-refractivity contribution in [2.75, 3.05) is 25.6 Å². The number of rotatable bonds is 5. The third kappa shape index (κ3) is 3.61. The molecule has 2 aromatic rings. The third-order valence-electron chi connectivity index (χ3n) is 4.73. The molecule has 0 radical (unpaired) electrons. The fourth-order valence-corrected chi connectivity index (χ4v) is 3.52. The Labute approximate surface area is 148 Å². The number of nitrogens with one attached hydrogen (secondary N) is 1. The van der Waals surface area contributed by atoms with Crippen molar-refractivity contribution >= 4 is 11.7 Å². The monoisotopic (exact) mass is 340 g/mol. The Morgan fingerprint density at radius 1 is 1.32 bits per heavy atom. The number of ether oxygens (including phenoxy) is 1. The highest BCUT2D eigenvalue weighted by molar-refractivity contribution is 5.90. The number of hydrogen-bond donors (Lipinski definition) is 2. The average molecular weight is 340 g/mol. The van der Waals surface area contributed by atoms with Gasteiger partial charge in [0.25, 0.3) is 0 Å². The zero-order valence-electron chi connectivity index (χ0n) is 14.7. The van der Waals surface area contributed by atoms with Crippen molar-refractivity contribution in [2.45, 2.75) is 25.8 Å². The first-order chi connectivity index (χ1) is 12.1. The van der Waals surface area contributed by atoms with Crippen LogP contribution < -0.4 is 10.1 Å². The van der Waals surface area contributed by atoms with Gasteiger partial charge in [-0.05, 0) is 54.7 Å². The van der Waals surface area contributed by atoms with E-state index in [9.17, 15) is 9.90 Å². The number of anilines is 1. The first kappa shape index (κ1) is 17.3. The molecule has 0 saturated heterocycles. The molecule has 2 amide bonds. The second-order valence-corrected chi connectivity index (χ2v) is 6.28. The minimum Gasteiger partial charge on any atom is -0.496 e.